The number of benzene rings is 1. The summed E-state index contributed by atoms with van der Waals surface area (Å²) in [5.74, 6) is -0.341. The fraction of sp³-hybridized carbons (Fsp3) is 0.476. The zero-order chi connectivity index (χ0) is 20.4. The highest BCUT2D eigenvalue weighted by molar-refractivity contribution is 7.14. The first-order valence-electron chi connectivity index (χ1n) is 10.0. The maximum atomic E-state index is 12.5. The van der Waals surface area contributed by atoms with Crippen molar-refractivity contribution in [2.45, 2.75) is 26.3 Å². The molecular weight excluding hydrogens is 388 g/mol. The van der Waals surface area contributed by atoms with Crippen LogP contribution in [0.1, 0.15) is 20.3 Å². The van der Waals surface area contributed by atoms with Gasteiger partial charge in [0.1, 0.15) is 0 Å². The Morgan fingerprint density at radius 3 is 2.62 bits per heavy atom. The van der Waals surface area contributed by atoms with E-state index in [0.717, 1.165) is 48.4 Å². The number of aromatic nitrogens is 1. The summed E-state index contributed by atoms with van der Waals surface area (Å²) >= 11 is 1.64. The van der Waals surface area contributed by atoms with Crippen molar-refractivity contribution in [3.8, 4) is 11.3 Å². The lowest BCUT2D eigenvalue weighted by molar-refractivity contribution is -0.129. The number of likely N-dealkylation sites (tertiary alicyclic amines) is 1. The maximum absolute atomic E-state index is 12.5. The van der Waals surface area contributed by atoms with Crippen LogP contribution in [0.2, 0.25) is 0 Å². The van der Waals surface area contributed by atoms with Crippen LogP contribution in [0.15, 0.2) is 29.6 Å². The van der Waals surface area contributed by atoms with Gasteiger partial charge in [-0.3, -0.25) is 9.59 Å². The van der Waals surface area contributed by atoms with E-state index in [-0.39, 0.29) is 30.2 Å². The minimum absolute atomic E-state index is 0.0510. The molecule has 3 heterocycles. The molecule has 1 atom stereocenters. The van der Waals surface area contributed by atoms with Crippen LogP contribution in [0, 0.1) is 5.92 Å². The van der Waals surface area contributed by atoms with Crippen LogP contribution >= 0.6 is 11.3 Å². The molecule has 29 heavy (non-hydrogen) atoms. The molecule has 0 saturated carbocycles. The average molecular weight is 415 g/mol. The average Bonchev–Trinajstić information content (AvgIpc) is 3.36. The lowest BCUT2D eigenvalue weighted by Gasteiger charge is -2.26. The van der Waals surface area contributed by atoms with Crippen LogP contribution in [0.5, 0.6) is 0 Å². The monoisotopic (exact) mass is 414 g/mol. The van der Waals surface area contributed by atoms with Crippen LogP contribution < -0.4 is 10.2 Å². The predicted octanol–water partition coefficient (Wildman–Crippen LogP) is 2.84. The molecule has 1 N–H and O–H groups in total. The van der Waals surface area contributed by atoms with Crippen molar-refractivity contribution in [2.24, 2.45) is 5.92 Å². The fourth-order valence-electron chi connectivity index (χ4n) is 3.67. The summed E-state index contributed by atoms with van der Waals surface area (Å²) in [6, 6.07) is 7.83. The number of hydrogen-bond donors (Lipinski definition) is 1. The number of hydrogen-bond acceptors (Lipinski definition) is 6. The smallest absolute Gasteiger partial charge is 0.229 e. The van der Waals surface area contributed by atoms with Gasteiger partial charge in [-0.1, -0.05) is 12.1 Å². The summed E-state index contributed by atoms with van der Waals surface area (Å²) < 4.78 is 5.40. The Morgan fingerprint density at radius 2 is 1.97 bits per heavy atom. The molecule has 154 valence electrons. The Balaban J connectivity index is 1.38. The maximum Gasteiger partial charge on any atom is 0.229 e. The molecule has 2 fully saturated rings. The standard InChI is InChI=1S/C21H26N4O3S/c1-14(2)25-12-16(11-19(25)26)20(27)22-17-5-3-15(4-6-17)18-13-29-21(23-18)24-7-9-28-10-8-24/h3-6,13-14,16H,7-12H2,1-2H3,(H,22,27)/t16-/m1/s1. The largest absolute Gasteiger partial charge is 0.378 e. The van der Waals surface area contributed by atoms with E-state index in [1.165, 1.54) is 0 Å². The van der Waals surface area contributed by atoms with Gasteiger partial charge in [-0.15, -0.1) is 11.3 Å². The van der Waals surface area contributed by atoms with Crippen molar-refractivity contribution in [1.82, 2.24) is 9.88 Å². The van der Waals surface area contributed by atoms with Gasteiger partial charge in [0, 0.05) is 48.7 Å². The minimum atomic E-state index is -0.292. The van der Waals surface area contributed by atoms with Gasteiger partial charge in [0.2, 0.25) is 11.8 Å². The molecule has 0 radical (unpaired) electrons. The first kappa shape index (κ1) is 19.8. The van der Waals surface area contributed by atoms with Crippen LogP contribution in [0.25, 0.3) is 11.3 Å². The van der Waals surface area contributed by atoms with Crippen molar-refractivity contribution >= 4 is 34.0 Å². The molecule has 2 aliphatic rings. The molecule has 1 aromatic heterocycles. The van der Waals surface area contributed by atoms with E-state index in [0.29, 0.717) is 6.54 Å². The Bertz CT molecular complexity index is 874. The van der Waals surface area contributed by atoms with Crippen molar-refractivity contribution < 1.29 is 14.3 Å². The predicted molar refractivity (Wildman–Crippen MR) is 114 cm³/mol. The second kappa shape index (κ2) is 8.51. The second-order valence-electron chi connectivity index (χ2n) is 7.72. The lowest BCUT2D eigenvalue weighted by Crippen LogP contribution is -2.36. The van der Waals surface area contributed by atoms with Gasteiger partial charge >= 0.3 is 0 Å². The zero-order valence-corrected chi connectivity index (χ0v) is 17.6. The third-order valence-corrected chi connectivity index (χ3v) is 6.28. The first-order valence-corrected chi connectivity index (χ1v) is 10.9. The number of ether oxygens (including phenoxy) is 1. The van der Waals surface area contributed by atoms with Crippen LogP contribution in [0.4, 0.5) is 10.8 Å². The summed E-state index contributed by atoms with van der Waals surface area (Å²) in [4.78, 5) is 33.3. The third kappa shape index (κ3) is 4.43. The van der Waals surface area contributed by atoms with Crippen LogP contribution in [-0.4, -0.2) is 60.6 Å². The fourth-order valence-corrected chi connectivity index (χ4v) is 4.56. The summed E-state index contributed by atoms with van der Waals surface area (Å²) in [5.41, 5.74) is 2.68. The van der Waals surface area contributed by atoms with E-state index < -0.39 is 0 Å². The molecule has 0 unspecified atom stereocenters. The number of nitrogens with zero attached hydrogens (tertiary/aromatic N) is 3. The van der Waals surface area contributed by atoms with Gasteiger partial charge in [0.15, 0.2) is 5.13 Å². The molecule has 0 bridgehead atoms. The highest BCUT2D eigenvalue weighted by atomic mass is 32.1. The van der Waals surface area contributed by atoms with E-state index in [9.17, 15) is 9.59 Å². The first-order chi connectivity index (χ1) is 14.0. The highest BCUT2D eigenvalue weighted by Gasteiger charge is 2.35. The topological polar surface area (TPSA) is 74.8 Å². The van der Waals surface area contributed by atoms with E-state index in [2.05, 4.69) is 15.6 Å². The highest BCUT2D eigenvalue weighted by Crippen LogP contribution is 2.29. The molecule has 2 aromatic rings. The lowest BCUT2D eigenvalue weighted by atomic mass is 10.1. The normalized spacial score (nSPS) is 19.8. The summed E-state index contributed by atoms with van der Waals surface area (Å²) in [6.07, 6.45) is 0.283. The zero-order valence-electron chi connectivity index (χ0n) is 16.8. The van der Waals surface area contributed by atoms with Crippen LogP contribution in [-0.2, 0) is 14.3 Å². The van der Waals surface area contributed by atoms with Gasteiger partial charge in [0.05, 0.1) is 24.8 Å². The number of anilines is 2. The van der Waals surface area contributed by atoms with Gasteiger partial charge in [-0.25, -0.2) is 4.98 Å². The number of amides is 2. The van der Waals surface area contributed by atoms with E-state index in [1.807, 2.05) is 38.1 Å². The number of carbonyl (C=O) groups is 2. The summed E-state index contributed by atoms with van der Waals surface area (Å²) in [7, 11) is 0. The van der Waals surface area contributed by atoms with Crippen LogP contribution in [0.3, 0.4) is 0 Å². The third-order valence-electron chi connectivity index (χ3n) is 5.37. The van der Waals surface area contributed by atoms with E-state index >= 15 is 0 Å². The Kier molecular flexibility index (Phi) is 5.82. The minimum Gasteiger partial charge on any atom is -0.378 e. The molecular formula is C21H26N4O3S. The summed E-state index contributed by atoms with van der Waals surface area (Å²) in [5, 5.41) is 6.02. The van der Waals surface area contributed by atoms with Gasteiger partial charge in [-0.05, 0) is 26.0 Å². The molecule has 0 spiro atoms. The molecule has 1 aromatic carbocycles. The van der Waals surface area contributed by atoms with Crippen molar-refractivity contribution in [1.29, 1.82) is 0 Å². The Morgan fingerprint density at radius 1 is 1.24 bits per heavy atom. The van der Waals surface area contributed by atoms with Gasteiger partial charge in [-0.2, -0.15) is 0 Å². The van der Waals surface area contributed by atoms with Crippen molar-refractivity contribution in [3.05, 3.63) is 29.6 Å². The number of carbonyl (C=O) groups excluding carboxylic acids is 2. The number of rotatable bonds is 5. The molecule has 2 saturated heterocycles. The molecule has 2 aliphatic heterocycles. The molecule has 7 nitrogen and oxygen atoms in total. The SMILES string of the molecule is CC(C)N1C[C@H](C(=O)Nc2ccc(-c3csc(N4CCOCC4)n3)cc2)CC1=O. The number of thiazole rings is 1. The molecule has 8 heteroatoms. The molecule has 0 aliphatic carbocycles. The van der Waals surface area contributed by atoms with Crippen molar-refractivity contribution in [2.75, 3.05) is 43.1 Å². The Labute approximate surface area is 174 Å². The number of nitrogens with one attached hydrogen (secondary N) is 1. The van der Waals surface area contributed by atoms with E-state index in [4.69, 9.17) is 9.72 Å². The second-order valence-corrected chi connectivity index (χ2v) is 8.56. The Hall–Kier alpha value is -2.45. The van der Waals surface area contributed by atoms with Gasteiger partial charge < -0.3 is 19.9 Å². The number of morpholine rings is 1. The summed E-state index contributed by atoms with van der Waals surface area (Å²) in [6.45, 7) is 7.66. The molecule has 4 rings (SSSR count). The van der Waals surface area contributed by atoms with E-state index in [1.54, 1.807) is 16.2 Å². The quantitative estimate of drug-likeness (QED) is 0.814. The van der Waals surface area contributed by atoms with Gasteiger partial charge in [0.25, 0.3) is 0 Å². The van der Waals surface area contributed by atoms with Crippen molar-refractivity contribution in [3.63, 3.8) is 0 Å². The molecule has 2 amide bonds.